The summed E-state index contributed by atoms with van der Waals surface area (Å²) in [7, 11) is 0. The van der Waals surface area contributed by atoms with E-state index in [1.165, 1.54) is 12.8 Å². The molecule has 1 aliphatic rings. The molecule has 3 aromatic heterocycles. The summed E-state index contributed by atoms with van der Waals surface area (Å²) in [5, 5.41) is 19.2. The quantitative estimate of drug-likeness (QED) is 0.731. The lowest BCUT2D eigenvalue weighted by atomic mass is 9.97. The van der Waals surface area contributed by atoms with Gasteiger partial charge in [0.15, 0.2) is 5.82 Å². The van der Waals surface area contributed by atoms with E-state index in [2.05, 4.69) is 42.0 Å². The fraction of sp³-hybridized carbons (Fsp3) is 0.438. The van der Waals surface area contributed by atoms with Crippen LogP contribution in [0.3, 0.4) is 0 Å². The number of piperidine rings is 1. The fourth-order valence-electron chi connectivity index (χ4n) is 2.97. The van der Waals surface area contributed by atoms with Gasteiger partial charge in [-0.15, -0.1) is 5.10 Å². The summed E-state index contributed by atoms with van der Waals surface area (Å²) in [5.41, 5.74) is 1.99. The molecule has 4 heterocycles. The minimum atomic E-state index is 0.481. The highest BCUT2D eigenvalue weighted by Gasteiger charge is 2.18. The highest BCUT2D eigenvalue weighted by molar-refractivity contribution is 5.52. The summed E-state index contributed by atoms with van der Waals surface area (Å²) >= 11 is 0. The van der Waals surface area contributed by atoms with Crippen LogP contribution in [0.15, 0.2) is 30.7 Å². The Balaban J connectivity index is 1.37. The van der Waals surface area contributed by atoms with E-state index in [1.54, 1.807) is 12.4 Å². The van der Waals surface area contributed by atoms with E-state index in [9.17, 15) is 0 Å². The number of aromatic amines is 1. The van der Waals surface area contributed by atoms with Crippen molar-refractivity contribution in [3.8, 4) is 11.4 Å². The second-order valence-corrected chi connectivity index (χ2v) is 6.05. The Morgan fingerprint density at radius 2 is 2.33 bits per heavy atom. The smallest absolute Gasteiger partial charge is 0.182 e. The Hall–Kier alpha value is -2.61. The van der Waals surface area contributed by atoms with Crippen LogP contribution in [-0.2, 0) is 13.0 Å². The molecule has 0 radical (unpaired) electrons. The van der Waals surface area contributed by atoms with Crippen LogP contribution < -0.4 is 5.32 Å². The van der Waals surface area contributed by atoms with Gasteiger partial charge in [0.05, 0.1) is 5.69 Å². The molecule has 24 heavy (non-hydrogen) atoms. The summed E-state index contributed by atoms with van der Waals surface area (Å²) in [4.78, 5) is 8.60. The zero-order chi connectivity index (χ0) is 16.2. The molecule has 4 rings (SSSR count). The molecule has 0 unspecified atom stereocenters. The summed E-state index contributed by atoms with van der Waals surface area (Å²) in [6, 6.07) is 3.82. The van der Waals surface area contributed by atoms with Crippen molar-refractivity contribution in [2.24, 2.45) is 0 Å². The SMILES string of the molecule is c1cncc(-c2n[nH]c(CCn3cc([C@@H]4CCCNC4)nn3)n2)c1. The van der Waals surface area contributed by atoms with Gasteiger partial charge in [0, 0.05) is 49.6 Å². The van der Waals surface area contributed by atoms with Crippen LogP contribution in [0, 0.1) is 0 Å². The highest BCUT2D eigenvalue weighted by Crippen LogP contribution is 2.20. The first kappa shape index (κ1) is 14.9. The van der Waals surface area contributed by atoms with Gasteiger partial charge in [-0.25, -0.2) is 4.98 Å². The number of rotatable bonds is 5. The normalized spacial score (nSPS) is 17.9. The molecule has 1 fully saturated rings. The molecular formula is C16H20N8. The zero-order valence-corrected chi connectivity index (χ0v) is 13.4. The Kier molecular flexibility index (Phi) is 4.28. The molecule has 0 aromatic carbocycles. The molecule has 2 N–H and O–H groups in total. The summed E-state index contributed by atoms with van der Waals surface area (Å²) in [6.07, 6.45) is 8.67. The van der Waals surface area contributed by atoms with Crippen LogP contribution in [0.25, 0.3) is 11.4 Å². The first-order valence-electron chi connectivity index (χ1n) is 8.31. The van der Waals surface area contributed by atoms with Gasteiger partial charge < -0.3 is 5.32 Å². The van der Waals surface area contributed by atoms with Gasteiger partial charge in [-0.3, -0.25) is 14.8 Å². The van der Waals surface area contributed by atoms with Crippen molar-refractivity contribution in [2.45, 2.75) is 31.7 Å². The lowest BCUT2D eigenvalue weighted by Gasteiger charge is -2.20. The molecule has 0 bridgehead atoms. The maximum Gasteiger partial charge on any atom is 0.182 e. The van der Waals surface area contributed by atoms with Crippen LogP contribution in [-0.4, -0.2) is 48.2 Å². The van der Waals surface area contributed by atoms with Gasteiger partial charge in [0.2, 0.25) is 0 Å². The molecular weight excluding hydrogens is 304 g/mol. The number of aromatic nitrogens is 7. The Morgan fingerprint density at radius 3 is 3.17 bits per heavy atom. The Morgan fingerprint density at radius 1 is 1.33 bits per heavy atom. The number of pyridine rings is 1. The largest absolute Gasteiger partial charge is 0.316 e. The number of nitrogens with one attached hydrogen (secondary N) is 2. The number of nitrogens with zero attached hydrogens (tertiary/aromatic N) is 6. The van der Waals surface area contributed by atoms with E-state index >= 15 is 0 Å². The predicted molar refractivity (Wildman–Crippen MR) is 88.2 cm³/mol. The van der Waals surface area contributed by atoms with Gasteiger partial charge >= 0.3 is 0 Å². The molecule has 0 saturated carbocycles. The maximum atomic E-state index is 4.51. The number of hydrogen-bond acceptors (Lipinski definition) is 6. The lowest BCUT2D eigenvalue weighted by Crippen LogP contribution is -2.28. The minimum absolute atomic E-state index is 0.481. The van der Waals surface area contributed by atoms with Crippen molar-refractivity contribution in [3.63, 3.8) is 0 Å². The molecule has 1 saturated heterocycles. The standard InChI is InChI=1S/C16H20N8/c1-3-12(9-17-6-1)14-11-24(23-20-14)8-5-15-19-16(22-21-15)13-4-2-7-18-10-13/h2,4,7,10-12,17H,1,3,5-6,8-9H2,(H,19,21,22)/t12-/m1/s1. The van der Waals surface area contributed by atoms with Crippen molar-refractivity contribution in [2.75, 3.05) is 13.1 Å². The van der Waals surface area contributed by atoms with Crippen molar-refractivity contribution < 1.29 is 0 Å². The molecule has 0 amide bonds. The lowest BCUT2D eigenvalue weighted by molar-refractivity contribution is 0.454. The fourth-order valence-corrected chi connectivity index (χ4v) is 2.97. The highest BCUT2D eigenvalue weighted by atomic mass is 15.4. The number of aryl methyl sites for hydroxylation is 2. The second kappa shape index (κ2) is 6.88. The van der Waals surface area contributed by atoms with Gasteiger partial charge in [0.1, 0.15) is 5.82 Å². The Labute approximate surface area is 139 Å². The van der Waals surface area contributed by atoms with Crippen LogP contribution >= 0.6 is 0 Å². The molecule has 124 valence electrons. The average molecular weight is 324 g/mol. The van der Waals surface area contributed by atoms with Crippen molar-refractivity contribution in [3.05, 3.63) is 42.2 Å². The van der Waals surface area contributed by atoms with E-state index in [4.69, 9.17) is 0 Å². The van der Waals surface area contributed by atoms with Crippen molar-refractivity contribution in [1.82, 2.24) is 40.5 Å². The summed E-state index contributed by atoms with van der Waals surface area (Å²) in [5.74, 6) is 1.99. The zero-order valence-electron chi connectivity index (χ0n) is 13.4. The molecule has 1 aliphatic heterocycles. The number of H-pyrrole nitrogens is 1. The summed E-state index contributed by atoms with van der Waals surface area (Å²) in [6.45, 7) is 2.83. The molecule has 3 aromatic rings. The number of hydrogen-bond donors (Lipinski definition) is 2. The third-order valence-electron chi connectivity index (χ3n) is 4.30. The minimum Gasteiger partial charge on any atom is -0.316 e. The van der Waals surface area contributed by atoms with Gasteiger partial charge in [0.25, 0.3) is 0 Å². The van der Waals surface area contributed by atoms with Crippen molar-refractivity contribution >= 4 is 0 Å². The van der Waals surface area contributed by atoms with Gasteiger partial charge in [-0.05, 0) is 31.5 Å². The third-order valence-corrected chi connectivity index (χ3v) is 4.30. The third kappa shape index (κ3) is 3.33. The second-order valence-electron chi connectivity index (χ2n) is 6.05. The van der Waals surface area contributed by atoms with E-state index in [0.29, 0.717) is 11.7 Å². The molecule has 8 nitrogen and oxygen atoms in total. The first-order chi connectivity index (χ1) is 11.9. The topological polar surface area (TPSA) is 97.2 Å². The molecule has 0 spiro atoms. The van der Waals surface area contributed by atoms with E-state index in [1.807, 2.05) is 16.8 Å². The van der Waals surface area contributed by atoms with Crippen LogP contribution in [0.2, 0.25) is 0 Å². The van der Waals surface area contributed by atoms with Crippen LogP contribution in [0.5, 0.6) is 0 Å². The summed E-state index contributed by atoms with van der Waals surface area (Å²) < 4.78 is 1.89. The Bertz CT molecular complexity index is 772. The van der Waals surface area contributed by atoms with E-state index < -0.39 is 0 Å². The van der Waals surface area contributed by atoms with Crippen LogP contribution in [0.4, 0.5) is 0 Å². The van der Waals surface area contributed by atoms with Gasteiger partial charge in [-0.1, -0.05) is 5.21 Å². The first-order valence-corrected chi connectivity index (χ1v) is 8.31. The van der Waals surface area contributed by atoms with Crippen LogP contribution in [0.1, 0.15) is 30.3 Å². The predicted octanol–water partition coefficient (Wildman–Crippen LogP) is 1.17. The van der Waals surface area contributed by atoms with Gasteiger partial charge in [-0.2, -0.15) is 5.10 Å². The van der Waals surface area contributed by atoms with E-state index in [0.717, 1.165) is 43.1 Å². The monoisotopic (exact) mass is 324 g/mol. The molecule has 0 aliphatic carbocycles. The van der Waals surface area contributed by atoms with Crippen molar-refractivity contribution in [1.29, 1.82) is 0 Å². The average Bonchev–Trinajstić information content (AvgIpc) is 3.31. The molecule has 8 heteroatoms. The van der Waals surface area contributed by atoms with E-state index in [-0.39, 0.29) is 0 Å². The molecule has 1 atom stereocenters. The maximum absolute atomic E-state index is 4.51.